The topological polar surface area (TPSA) is 200 Å². The van der Waals surface area contributed by atoms with Gasteiger partial charge in [0.1, 0.15) is 0 Å². The van der Waals surface area contributed by atoms with Gasteiger partial charge < -0.3 is 58.7 Å². The number of carboxylic acid groups (broad SMARTS) is 1. The molecule has 2 spiro atoms. The van der Waals surface area contributed by atoms with E-state index >= 15 is 0 Å². The maximum absolute atomic E-state index is 13.7. The second kappa shape index (κ2) is 18.1. The molecule has 14 nitrogen and oxygen atoms in total. The van der Waals surface area contributed by atoms with E-state index < -0.39 is 89.6 Å². The molecule has 0 aromatic carbocycles. The van der Waals surface area contributed by atoms with Gasteiger partial charge in [0.25, 0.3) is 0 Å². The average Bonchev–Trinajstić information content (AvgIpc) is 3.70. The van der Waals surface area contributed by atoms with Gasteiger partial charge in [-0.2, -0.15) is 0 Å². The molecule has 19 atom stereocenters. The number of carboxylic acids is 1. The fourth-order valence-corrected chi connectivity index (χ4v) is 11.2. The van der Waals surface area contributed by atoms with Crippen LogP contribution in [0.3, 0.4) is 0 Å². The number of carbonyl (C=O) groups is 2. The molecule has 6 aliphatic heterocycles. The minimum Gasteiger partial charge on any atom is -0.481 e. The number of aliphatic hydroxyl groups excluding tert-OH is 3. The molecule has 6 rings (SSSR count). The molecule has 6 heterocycles. The highest BCUT2D eigenvalue weighted by atomic mass is 16.8. The summed E-state index contributed by atoms with van der Waals surface area (Å²) < 4.78 is 47.3. The number of ketones is 1. The number of rotatable bonds is 13. The maximum atomic E-state index is 13.7. The van der Waals surface area contributed by atoms with Crippen molar-refractivity contribution in [3.63, 3.8) is 0 Å². The molecule has 6 fully saturated rings. The summed E-state index contributed by atoms with van der Waals surface area (Å²) >= 11 is 0. The fraction of sp³-hybridized carbons (Fsp3) is 0.913. The molecule has 6 aliphatic rings. The largest absolute Gasteiger partial charge is 0.481 e. The summed E-state index contributed by atoms with van der Waals surface area (Å²) in [7, 11) is 0. The second-order valence-electron chi connectivity index (χ2n) is 20.5. The molecular formula is C46H76O14. The summed E-state index contributed by atoms with van der Waals surface area (Å²) in [6.07, 6.45) is 3.01. The van der Waals surface area contributed by atoms with Gasteiger partial charge in [-0.1, -0.05) is 61.5 Å². The molecule has 0 amide bonds. The maximum Gasteiger partial charge on any atom is 0.306 e. The Morgan fingerprint density at radius 1 is 0.933 bits per heavy atom. The smallest absolute Gasteiger partial charge is 0.306 e. The van der Waals surface area contributed by atoms with Crippen LogP contribution in [0.2, 0.25) is 0 Å². The van der Waals surface area contributed by atoms with Crippen molar-refractivity contribution < 1.29 is 68.3 Å². The summed E-state index contributed by atoms with van der Waals surface area (Å²) in [5, 5.41) is 53.1. The summed E-state index contributed by atoms with van der Waals surface area (Å²) in [4.78, 5) is 25.2. The normalized spacial score (nSPS) is 48.7. The molecule has 0 aromatic rings. The molecule has 0 radical (unpaired) electrons. The Kier molecular flexibility index (Phi) is 14.5. The van der Waals surface area contributed by atoms with Crippen molar-refractivity contribution in [2.24, 2.45) is 40.9 Å². The first-order chi connectivity index (χ1) is 28.0. The number of aliphatic hydroxyl groups is 4. The first-order valence-electron chi connectivity index (χ1n) is 22.9. The van der Waals surface area contributed by atoms with Gasteiger partial charge in [-0.15, -0.1) is 0 Å². The summed E-state index contributed by atoms with van der Waals surface area (Å²) in [6.45, 7) is 18.9. The predicted molar refractivity (Wildman–Crippen MR) is 219 cm³/mol. The lowest BCUT2D eigenvalue weighted by atomic mass is 9.72. The zero-order valence-corrected chi connectivity index (χ0v) is 37.8. The molecule has 5 unspecified atom stereocenters. The van der Waals surface area contributed by atoms with E-state index in [4.69, 9.17) is 33.2 Å². The van der Waals surface area contributed by atoms with Crippen LogP contribution < -0.4 is 0 Å². The Morgan fingerprint density at radius 3 is 2.28 bits per heavy atom. The number of carbonyl (C=O) groups excluding carboxylic acids is 1. The Hall–Kier alpha value is -1.56. The minimum atomic E-state index is -1.67. The summed E-state index contributed by atoms with van der Waals surface area (Å²) in [5.41, 5.74) is -1.07. The van der Waals surface area contributed by atoms with Crippen LogP contribution in [0, 0.1) is 40.9 Å². The standard InChI is InChI=1S/C46H76O14/c1-11-12-32(39(50)25(2)17-27(4)41(51)52)21-42(9)24-54-44(22-36(42)49)16-15-43(10,60-44)37-20-34(56-38-14-13-33(48)31(8)55-38)30(7)46(58-37)29(6)19-35(57-46)40-26(3)18-28(5)45(53,23-47)59-40/h12,25-31,33-38,40,47-49,53H,11,13-24H2,1-10H3,(H,51,52)/b32-12+/t25?,26-,27?,28+,29+,30+,31+,33-,34-,35+,36-,37+,38+,40?,42-,43-,44?,45-,46?/m0/s1. The van der Waals surface area contributed by atoms with Crippen molar-refractivity contribution in [2.45, 2.75) is 212 Å². The van der Waals surface area contributed by atoms with Gasteiger partial charge in [-0.05, 0) is 70.3 Å². The van der Waals surface area contributed by atoms with Crippen molar-refractivity contribution >= 4 is 11.8 Å². The van der Waals surface area contributed by atoms with Crippen LogP contribution in [0.5, 0.6) is 0 Å². The summed E-state index contributed by atoms with van der Waals surface area (Å²) in [6, 6.07) is 0. The molecule has 0 bridgehead atoms. The highest BCUT2D eigenvalue weighted by Gasteiger charge is 2.65. The van der Waals surface area contributed by atoms with E-state index in [9.17, 15) is 35.1 Å². The van der Waals surface area contributed by atoms with Gasteiger partial charge in [-0.3, -0.25) is 9.59 Å². The third-order valence-corrected chi connectivity index (χ3v) is 15.5. The second-order valence-corrected chi connectivity index (χ2v) is 20.5. The average molecular weight is 853 g/mol. The van der Waals surface area contributed by atoms with Gasteiger partial charge in [0.05, 0.1) is 67.5 Å². The van der Waals surface area contributed by atoms with E-state index in [1.54, 1.807) is 13.8 Å². The van der Waals surface area contributed by atoms with Crippen molar-refractivity contribution in [1.82, 2.24) is 0 Å². The van der Waals surface area contributed by atoms with E-state index in [-0.39, 0.29) is 61.1 Å². The Balaban J connectivity index is 1.21. The van der Waals surface area contributed by atoms with Crippen LogP contribution in [0.4, 0.5) is 0 Å². The molecule has 0 saturated carbocycles. The molecular weight excluding hydrogens is 776 g/mol. The van der Waals surface area contributed by atoms with E-state index in [0.29, 0.717) is 63.4 Å². The van der Waals surface area contributed by atoms with Crippen molar-refractivity contribution in [3.8, 4) is 0 Å². The quantitative estimate of drug-likeness (QED) is 0.143. The molecule has 344 valence electrons. The van der Waals surface area contributed by atoms with Gasteiger partial charge >= 0.3 is 5.97 Å². The van der Waals surface area contributed by atoms with Crippen LogP contribution in [0.25, 0.3) is 0 Å². The third-order valence-electron chi connectivity index (χ3n) is 15.5. The lowest BCUT2D eigenvalue weighted by molar-refractivity contribution is -0.388. The number of aliphatic carboxylic acids is 1. The predicted octanol–water partition coefficient (Wildman–Crippen LogP) is 5.64. The van der Waals surface area contributed by atoms with Gasteiger partial charge in [0, 0.05) is 54.8 Å². The van der Waals surface area contributed by atoms with Crippen LogP contribution in [-0.4, -0.2) is 122 Å². The van der Waals surface area contributed by atoms with Crippen molar-refractivity contribution in [1.29, 1.82) is 0 Å². The Bertz CT molecular complexity index is 1560. The van der Waals surface area contributed by atoms with E-state index in [2.05, 4.69) is 20.8 Å². The third kappa shape index (κ3) is 9.32. The van der Waals surface area contributed by atoms with Crippen LogP contribution in [0.15, 0.2) is 11.6 Å². The highest BCUT2D eigenvalue weighted by Crippen LogP contribution is 2.57. The van der Waals surface area contributed by atoms with Crippen molar-refractivity contribution in [2.75, 3.05) is 13.2 Å². The van der Waals surface area contributed by atoms with E-state index in [1.165, 1.54) is 0 Å². The molecule has 60 heavy (non-hydrogen) atoms. The zero-order chi connectivity index (χ0) is 44.2. The first kappa shape index (κ1) is 47.9. The van der Waals surface area contributed by atoms with Gasteiger partial charge in [-0.25, -0.2) is 0 Å². The Labute approximate surface area is 357 Å². The molecule has 0 aromatic heterocycles. The fourth-order valence-electron chi connectivity index (χ4n) is 11.2. The number of Topliss-reactive ketones (excluding diaryl/α,β-unsaturated/α-hetero) is 1. The summed E-state index contributed by atoms with van der Waals surface area (Å²) in [5.74, 6) is -6.63. The van der Waals surface area contributed by atoms with Crippen LogP contribution in [0.1, 0.15) is 140 Å². The number of ether oxygens (including phenoxy) is 7. The van der Waals surface area contributed by atoms with E-state index in [0.717, 1.165) is 0 Å². The van der Waals surface area contributed by atoms with Gasteiger partial charge in [0.2, 0.25) is 0 Å². The first-order valence-corrected chi connectivity index (χ1v) is 22.9. The highest BCUT2D eigenvalue weighted by molar-refractivity contribution is 5.97. The van der Waals surface area contributed by atoms with Crippen LogP contribution in [-0.2, 0) is 42.7 Å². The number of hydrogen-bond acceptors (Lipinski definition) is 13. The van der Waals surface area contributed by atoms with Crippen molar-refractivity contribution in [3.05, 3.63) is 11.6 Å². The van der Waals surface area contributed by atoms with E-state index in [1.807, 2.05) is 40.7 Å². The lowest BCUT2D eigenvalue weighted by Gasteiger charge is -2.54. The molecule has 6 saturated heterocycles. The Morgan fingerprint density at radius 2 is 1.65 bits per heavy atom. The lowest BCUT2D eigenvalue weighted by Crippen LogP contribution is -2.63. The molecule has 14 heteroatoms. The molecule has 0 aliphatic carbocycles. The van der Waals surface area contributed by atoms with Gasteiger partial charge in [0.15, 0.2) is 29.4 Å². The SMILES string of the molecule is CC/C=C(\C[C@@]1(C)COC2(CC[C@@](C)([C@H]3C[C@H](O[C@@H]4CC[C@H](O)[C@@H](C)O4)[C@@H](C)C4(O[C@@H](C5O[C@@](O)(CO)[C@H](C)C[C@@H]5C)C[C@H]4C)O3)O2)C[C@@H]1O)C(=O)C(C)CC(C)C(=O)O. The number of hydrogen-bond donors (Lipinski definition) is 5. The minimum absolute atomic E-state index is 0.0521. The molecule has 5 N–H and O–H groups in total. The number of allylic oxidation sites excluding steroid dienone is 2. The van der Waals surface area contributed by atoms with Crippen LogP contribution >= 0.6 is 0 Å². The zero-order valence-electron chi connectivity index (χ0n) is 37.8. The monoisotopic (exact) mass is 853 g/mol.